The van der Waals surface area contributed by atoms with E-state index in [1.54, 1.807) is 12.5 Å². The molecule has 0 saturated carbocycles. The smallest absolute Gasteiger partial charge is 0.332 e. The molecule has 0 unspecified atom stereocenters. The summed E-state index contributed by atoms with van der Waals surface area (Å²) >= 11 is 0. The molecule has 1 aromatic rings. The van der Waals surface area contributed by atoms with E-state index in [0.29, 0.717) is 6.54 Å². The van der Waals surface area contributed by atoms with Gasteiger partial charge in [0, 0.05) is 24.2 Å². The lowest BCUT2D eigenvalue weighted by atomic mass is 10.3. The van der Waals surface area contributed by atoms with Crippen molar-refractivity contribution in [3.05, 3.63) is 36.3 Å². The third-order valence-corrected chi connectivity index (χ3v) is 1.55. The highest BCUT2D eigenvalue weighted by atomic mass is 16.4. The van der Waals surface area contributed by atoms with Crippen LogP contribution in [0.2, 0.25) is 0 Å². The van der Waals surface area contributed by atoms with Crippen molar-refractivity contribution in [3.63, 3.8) is 0 Å². The molecule has 4 heteroatoms. The van der Waals surface area contributed by atoms with Crippen LogP contribution in [0.1, 0.15) is 5.56 Å². The SMILES string of the molecule is C=C(CNCc1ccoc1)C(=O)O. The van der Waals surface area contributed by atoms with Gasteiger partial charge < -0.3 is 14.8 Å². The number of aliphatic carboxylic acids is 1. The van der Waals surface area contributed by atoms with Crippen LogP contribution >= 0.6 is 0 Å². The zero-order valence-corrected chi connectivity index (χ0v) is 7.12. The topological polar surface area (TPSA) is 62.5 Å². The van der Waals surface area contributed by atoms with Crippen LogP contribution in [0.4, 0.5) is 0 Å². The molecule has 1 heterocycles. The van der Waals surface area contributed by atoms with Crippen molar-refractivity contribution in [1.82, 2.24) is 5.32 Å². The van der Waals surface area contributed by atoms with Crippen LogP contribution in [-0.2, 0) is 11.3 Å². The average molecular weight is 181 g/mol. The fraction of sp³-hybridized carbons (Fsp3) is 0.222. The van der Waals surface area contributed by atoms with E-state index >= 15 is 0 Å². The zero-order valence-electron chi connectivity index (χ0n) is 7.12. The van der Waals surface area contributed by atoms with Gasteiger partial charge in [0.05, 0.1) is 12.5 Å². The molecular weight excluding hydrogens is 170 g/mol. The van der Waals surface area contributed by atoms with E-state index in [4.69, 9.17) is 9.52 Å². The Balaban J connectivity index is 2.22. The van der Waals surface area contributed by atoms with Crippen LogP contribution in [-0.4, -0.2) is 17.6 Å². The van der Waals surface area contributed by atoms with Gasteiger partial charge in [-0.15, -0.1) is 0 Å². The maximum absolute atomic E-state index is 10.3. The van der Waals surface area contributed by atoms with Gasteiger partial charge in [0.15, 0.2) is 0 Å². The summed E-state index contributed by atoms with van der Waals surface area (Å²) in [4.78, 5) is 10.3. The minimum absolute atomic E-state index is 0.156. The molecule has 1 aromatic heterocycles. The van der Waals surface area contributed by atoms with Crippen LogP contribution < -0.4 is 5.32 Å². The van der Waals surface area contributed by atoms with E-state index in [0.717, 1.165) is 5.56 Å². The predicted octanol–water partition coefficient (Wildman–Crippen LogP) is 1.01. The molecule has 0 aromatic carbocycles. The first-order valence-corrected chi connectivity index (χ1v) is 3.83. The second-order valence-electron chi connectivity index (χ2n) is 2.64. The molecule has 0 aliphatic carbocycles. The quantitative estimate of drug-likeness (QED) is 0.665. The third-order valence-electron chi connectivity index (χ3n) is 1.55. The number of carbonyl (C=O) groups is 1. The van der Waals surface area contributed by atoms with E-state index < -0.39 is 5.97 Å². The Bertz CT molecular complexity index is 290. The summed E-state index contributed by atoms with van der Waals surface area (Å²) in [5, 5.41) is 11.4. The normalized spacial score (nSPS) is 9.85. The summed E-state index contributed by atoms with van der Waals surface area (Å²) in [6.07, 6.45) is 3.18. The Labute approximate surface area is 75.9 Å². The van der Waals surface area contributed by atoms with Gasteiger partial charge in [-0.25, -0.2) is 4.79 Å². The van der Waals surface area contributed by atoms with E-state index in [1.807, 2.05) is 6.07 Å². The van der Waals surface area contributed by atoms with Crippen molar-refractivity contribution in [2.45, 2.75) is 6.54 Å². The van der Waals surface area contributed by atoms with Crippen molar-refractivity contribution < 1.29 is 14.3 Å². The standard InChI is InChI=1S/C9H11NO3/c1-7(9(11)12)4-10-5-8-2-3-13-6-8/h2-3,6,10H,1,4-5H2,(H,11,12). The highest BCUT2D eigenvalue weighted by Crippen LogP contribution is 1.98. The van der Waals surface area contributed by atoms with Crippen LogP contribution in [0.25, 0.3) is 0 Å². The fourth-order valence-electron chi connectivity index (χ4n) is 0.827. The highest BCUT2D eigenvalue weighted by Gasteiger charge is 2.02. The van der Waals surface area contributed by atoms with Crippen molar-refractivity contribution in [2.75, 3.05) is 6.54 Å². The Morgan fingerprint density at radius 3 is 3.00 bits per heavy atom. The molecule has 1 rings (SSSR count). The largest absolute Gasteiger partial charge is 0.478 e. The van der Waals surface area contributed by atoms with Gasteiger partial charge in [-0.1, -0.05) is 6.58 Å². The minimum atomic E-state index is -0.973. The summed E-state index contributed by atoms with van der Waals surface area (Å²) in [6, 6.07) is 1.82. The minimum Gasteiger partial charge on any atom is -0.478 e. The van der Waals surface area contributed by atoms with Crippen LogP contribution in [0.15, 0.2) is 35.2 Å². The first-order valence-electron chi connectivity index (χ1n) is 3.83. The van der Waals surface area contributed by atoms with E-state index in [2.05, 4.69) is 11.9 Å². The monoisotopic (exact) mass is 181 g/mol. The lowest BCUT2D eigenvalue weighted by Gasteiger charge is -2.01. The van der Waals surface area contributed by atoms with E-state index in [9.17, 15) is 4.79 Å². The van der Waals surface area contributed by atoms with Gasteiger partial charge in [-0.3, -0.25) is 0 Å². The maximum Gasteiger partial charge on any atom is 0.332 e. The second kappa shape index (κ2) is 4.47. The number of furan rings is 1. The molecule has 0 fully saturated rings. The number of rotatable bonds is 5. The Hall–Kier alpha value is -1.55. The molecular formula is C9H11NO3. The van der Waals surface area contributed by atoms with Crippen molar-refractivity contribution in [1.29, 1.82) is 0 Å². The Kier molecular flexibility index (Phi) is 3.28. The number of carboxylic acids is 1. The molecule has 0 atom stereocenters. The molecule has 0 saturated heterocycles. The highest BCUT2D eigenvalue weighted by molar-refractivity contribution is 5.86. The van der Waals surface area contributed by atoms with E-state index in [-0.39, 0.29) is 12.1 Å². The first kappa shape index (κ1) is 9.54. The summed E-state index contributed by atoms with van der Waals surface area (Å²) in [7, 11) is 0. The second-order valence-corrected chi connectivity index (χ2v) is 2.64. The summed E-state index contributed by atoms with van der Waals surface area (Å²) < 4.78 is 4.84. The van der Waals surface area contributed by atoms with E-state index in [1.165, 1.54) is 0 Å². The Morgan fingerprint density at radius 2 is 2.46 bits per heavy atom. The van der Waals surface area contributed by atoms with Crippen LogP contribution in [0.5, 0.6) is 0 Å². The first-order chi connectivity index (χ1) is 6.20. The number of nitrogens with one attached hydrogen (secondary N) is 1. The van der Waals surface area contributed by atoms with Gasteiger partial charge in [-0.2, -0.15) is 0 Å². The van der Waals surface area contributed by atoms with Crippen molar-refractivity contribution >= 4 is 5.97 Å². The Morgan fingerprint density at radius 1 is 1.69 bits per heavy atom. The fourth-order valence-corrected chi connectivity index (χ4v) is 0.827. The molecule has 0 radical (unpaired) electrons. The van der Waals surface area contributed by atoms with Gasteiger partial charge >= 0.3 is 5.97 Å². The lowest BCUT2D eigenvalue weighted by molar-refractivity contribution is -0.132. The lowest BCUT2D eigenvalue weighted by Crippen LogP contribution is -2.19. The molecule has 4 nitrogen and oxygen atoms in total. The molecule has 0 bridgehead atoms. The summed E-state index contributed by atoms with van der Waals surface area (Å²) in [5.74, 6) is -0.973. The van der Waals surface area contributed by atoms with Crippen molar-refractivity contribution in [2.24, 2.45) is 0 Å². The van der Waals surface area contributed by atoms with Crippen LogP contribution in [0, 0.1) is 0 Å². The maximum atomic E-state index is 10.3. The molecule has 13 heavy (non-hydrogen) atoms. The number of hydrogen-bond acceptors (Lipinski definition) is 3. The van der Waals surface area contributed by atoms with Crippen LogP contribution in [0.3, 0.4) is 0 Å². The van der Waals surface area contributed by atoms with Gasteiger partial charge in [0.2, 0.25) is 0 Å². The number of hydrogen-bond donors (Lipinski definition) is 2. The molecule has 0 amide bonds. The average Bonchev–Trinajstić information content (AvgIpc) is 2.56. The van der Waals surface area contributed by atoms with Crippen molar-refractivity contribution in [3.8, 4) is 0 Å². The molecule has 0 spiro atoms. The molecule has 0 aliphatic heterocycles. The predicted molar refractivity (Wildman–Crippen MR) is 47.2 cm³/mol. The molecule has 2 N–H and O–H groups in total. The number of carboxylic acid groups (broad SMARTS) is 1. The molecule has 70 valence electrons. The summed E-state index contributed by atoms with van der Waals surface area (Å²) in [5.41, 5.74) is 1.14. The van der Waals surface area contributed by atoms with Gasteiger partial charge in [0.1, 0.15) is 0 Å². The zero-order chi connectivity index (χ0) is 9.68. The summed E-state index contributed by atoms with van der Waals surface area (Å²) in [6.45, 7) is 4.25. The molecule has 0 aliphatic rings. The van der Waals surface area contributed by atoms with Gasteiger partial charge in [-0.05, 0) is 6.07 Å². The van der Waals surface area contributed by atoms with Gasteiger partial charge in [0.25, 0.3) is 0 Å². The third kappa shape index (κ3) is 3.13.